The Labute approximate surface area is 205 Å². The van der Waals surface area contributed by atoms with Gasteiger partial charge in [-0.1, -0.05) is 23.5 Å². The lowest BCUT2D eigenvalue weighted by molar-refractivity contribution is -0.133. The van der Waals surface area contributed by atoms with Crippen LogP contribution in [0.5, 0.6) is 0 Å². The number of nitrogens with zero attached hydrogens (tertiary/aromatic N) is 4. The summed E-state index contributed by atoms with van der Waals surface area (Å²) < 4.78 is 9.90. The number of hydrogen-bond donors (Lipinski definition) is 1. The number of para-hydroxylation sites is 1. The summed E-state index contributed by atoms with van der Waals surface area (Å²) in [6.45, 7) is 1.55. The molecule has 10 heteroatoms. The normalized spacial score (nSPS) is 14.7. The second-order valence-electron chi connectivity index (χ2n) is 8.38. The van der Waals surface area contributed by atoms with Gasteiger partial charge < -0.3 is 19.2 Å². The number of aromatic nitrogens is 3. The number of piperidine rings is 1. The average Bonchev–Trinajstić information content (AvgIpc) is 3.63. The summed E-state index contributed by atoms with van der Waals surface area (Å²) in [5.74, 6) is 1.24. The summed E-state index contributed by atoms with van der Waals surface area (Å²) in [5, 5.41) is 2.63. The Morgan fingerprint density at radius 3 is 2.80 bits per heavy atom. The Kier molecular flexibility index (Phi) is 6.62. The molecule has 0 saturated carbocycles. The topological polar surface area (TPSA) is 102 Å². The number of benzene rings is 1. The van der Waals surface area contributed by atoms with Crippen LogP contribution in [0.15, 0.2) is 70.3 Å². The molecule has 4 aromatic rings. The molecule has 1 saturated heterocycles. The van der Waals surface area contributed by atoms with Gasteiger partial charge in [-0.2, -0.15) is 0 Å². The van der Waals surface area contributed by atoms with Gasteiger partial charge in [0, 0.05) is 37.5 Å². The molecule has 1 aromatic carbocycles. The summed E-state index contributed by atoms with van der Waals surface area (Å²) in [4.78, 5) is 43.4. The number of likely N-dealkylation sites (tertiary alicyclic amines) is 1. The minimum atomic E-state index is -0.345. The number of furan rings is 1. The van der Waals surface area contributed by atoms with E-state index in [2.05, 4.69) is 10.3 Å². The molecule has 0 radical (unpaired) electrons. The SMILES string of the molecule is O=C(C=Cc1ccco1)NCC(=O)N1CCC(c2nccn2Cn2c(=O)sc3ccccc32)CC1. The van der Waals surface area contributed by atoms with Gasteiger partial charge in [0.2, 0.25) is 11.8 Å². The third-order valence-electron chi connectivity index (χ3n) is 6.18. The molecule has 1 N–H and O–H groups in total. The molecular formula is C25H25N5O4S. The highest BCUT2D eigenvalue weighted by Crippen LogP contribution is 2.27. The molecule has 0 spiro atoms. The van der Waals surface area contributed by atoms with Gasteiger partial charge in [-0.05, 0) is 43.2 Å². The third-order valence-corrected chi connectivity index (χ3v) is 7.14. The van der Waals surface area contributed by atoms with E-state index in [1.807, 2.05) is 35.0 Å². The monoisotopic (exact) mass is 491 g/mol. The number of rotatable bonds is 7. The molecule has 0 atom stereocenters. The summed E-state index contributed by atoms with van der Waals surface area (Å²) >= 11 is 1.25. The predicted octanol–water partition coefficient (Wildman–Crippen LogP) is 2.89. The highest BCUT2D eigenvalue weighted by Gasteiger charge is 2.26. The Balaban J connectivity index is 1.16. The smallest absolute Gasteiger partial charge is 0.309 e. The van der Waals surface area contributed by atoms with Crippen molar-refractivity contribution in [3.63, 3.8) is 0 Å². The molecule has 4 heterocycles. The molecule has 0 bridgehead atoms. The predicted molar refractivity (Wildman–Crippen MR) is 133 cm³/mol. The van der Waals surface area contributed by atoms with Crippen molar-refractivity contribution < 1.29 is 14.0 Å². The molecule has 2 amide bonds. The van der Waals surface area contributed by atoms with Crippen molar-refractivity contribution in [1.82, 2.24) is 24.3 Å². The van der Waals surface area contributed by atoms with E-state index in [0.29, 0.717) is 25.5 Å². The number of nitrogens with one attached hydrogen (secondary N) is 1. The molecule has 35 heavy (non-hydrogen) atoms. The average molecular weight is 492 g/mol. The van der Waals surface area contributed by atoms with Gasteiger partial charge >= 0.3 is 4.87 Å². The zero-order valence-electron chi connectivity index (χ0n) is 19.0. The maximum atomic E-state index is 12.6. The lowest BCUT2D eigenvalue weighted by atomic mass is 9.96. The van der Waals surface area contributed by atoms with E-state index in [9.17, 15) is 14.4 Å². The van der Waals surface area contributed by atoms with Gasteiger partial charge in [0.25, 0.3) is 0 Å². The molecule has 0 unspecified atom stereocenters. The molecule has 1 fully saturated rings. The summed E-state index contributed by atoms with van der Waals surface area (Å²) in [7, 11) is 0. The third kappa shape index (κ3) is 5.12. The zero-order valence-corrected chi connectivity index (χ0v) is 19.8. The summed E-state index contributed by atoms with van der Waals surface area (Å²) in [6, 6.07) is 11.3. The lowest BCUT2D eigenvalue weighted by Crippen LogP contribution is -2.43. The Bertz CT molecular complexity index is 1410. The lowest BCUT2D eigenvalue weighted by Gasteiger charge is -2.32. The van der Waals surface area contributed by atoms with Crippen LogP contribution in [0.3, 0.4) is 0 Å². The van der Waals surface area contributed by atoms with Gasteiger partial charge in [0.05, 0.1) is 23.0 Å². The Hall–Kier alpha value is -3.92. The van der Waals surface area contributed by atoms with E-state index >= 15 is 0 Å². The fourth-order valence-electron chi connectivity index (χ4n) is 4.36. The number of carbonyl (C=O) groups is 2. The van der Waals surface area contributed by atoms with Gasteiger partial charge in [-0.3, -0.25) is 19.0 Å². The van der Waals surface area contributed by atoms with Crippen LogP contribution >= 0.6 is 11.3 Å². The van der Waals surface area contributed by atoms with Crippen LogP contribution in [0.4, 0.5) is 0 Å². The van der Waals surface area contributed by atoms with E-state index in [1.165, 1.54) is 23.7 Å². The molecular weight excluding hydrogens is 466 g/mol. The summed E-state index contributed by atoms with van der Waals surface area (Å²) in [5.41, 5.74) is 0.920. The van der Waals surface area contributed by atoms with Crippen LogP contribution in [0, 0.1) is 0 Å². The fraction of sp³-hybridized carbons (Fsp3) is 0.280. The minimum Gasteiger partial charge on any atom is -0.465 e. The second-order valence-corrected chi connectivity index (χ2v) is 9.38. The van der Waals surface area contributed by atoms with E-state index < -0.39 is 0 Å². The minimum absolute atomic E-state index is 0.00678. The van der Waals surface area contributed by atoms with E-state index in [-0.39, 0.29) is 29.1 Å². The van der Waals surface area contributed by atoms with Crippen LogP contribution < -0.4 is 10.2 Å². The Morgan fingerprint density at radius 1 is 1.17 bits per heavy atom. The van der Waals surface area contributed by atoms with Gasteiger partial charge in [-0.25, -0.2) is 4.98 Å². The number of carbonyl (C=O) groups excluding carboxylic acids is 2. The van der Waals surface area contributed by atoms with Crippen LogP contribution in [0.2, 0.25) is 0 Å². The first-order valence-electron chi connectivity index (χ1n) is 11.4. The number of thiazole rings is 1. The van der Waals surface area contributed by atoms with Crippen molar-refractivity contribution in [3.05, 3.63) is 82.4 Å². The number of amides is 2. The standard InChI is InChI=1S/C25H25N5O4S/c31-22(8-7-19-4-3-15-34-19)27-16-23(32)28-12-9-18(10-13-28)24-26-11-14-29(24)17-30-20-5-1-2-6-21(20)35-25(30)33/h1-8,11,14-15,18H,9-10,12-13,16-17H2,(H,27,31). The molecule has 5 rings (SSSR count). The van der Waals surface area contributed by atoms with Crippen LogP contribution in [0.1, 0.15) is 30.3 Å². The summed E-state index contributed by atoms with van der Waals surface area (Å²) in [6.07, 6.45) is 9.64. The molecule has 9 nitrogen and oxygen atoms in total. The van der Waals surface area contributed by atoms with E-state index in [1.54, 1.807) is 33.9 Å². The van der Waals surface area contributed by atoms with Crippen molar-refractivity contribution in [2.75, 3.05) is 19.6 Å². The maximum absolute atomic E-state index is 12.6. The Morgan fingerprint density at radius 2 is 2.00 bits per heavy atom. The first kappa shape index (κ1) is 22.9. The number of imidazole rings is 1. The molecule has 0 aliphatic carbocycles. The maximum Gasteiger partial charge on any atom is 0.309 e. The number of fused-ring (bicyclic) bond motifs is 1. The molecule has 3 aromatic heterocycles. The van der Waals surface area contributed by atoms with Gasteiger partial charge in [0.15, 0.2) is 0 Å². The highest BCUT2D eigenvalue weighted by atomic mass is 32.1. The van der Waals surface area contributed by atoms with Crippen LogP contribution in [-0.2, 0) is 16.3 Å². The van der Waals surface area contributed by atoms with Gasteiger partial charge in [0.1, 0.15) is 18.3 Å². The van der Waals surface area contributed by atoms with E-state index in [0.717, 1.165) is 28.9 Å². The van der Waals surface area contributed by atoms with Crippen molar-refractivity contribution in [2.45, 2.75) is 25.4 Å². The van der Waals surface area contributed by atoms with E-state index in [4.69, 9.17) is 4.42 Å². The molecule has 1 aliphatic rings. The number of hydrogen-bond acceptors (Lipinski definition) is 6. The molecule has 1 aliphatic heterocycles. The zero-order chi connectivity index (χ0) is 24.2. The van der Waals surface area contributed by atoms with Crippen LogP contribution in [0.25, 0.3) is 16.3 Å². The second kappa shape index (κ2) is 10.1. The van der Waals surface area contributed by atoms with Gasteiger partial charge in [-0.15, -0.1) is 0 Å². The van der Waals surface area contributed by atoms with Crippen molar-refractivity contribution in [1.29, 1.82) is 0 Å². The van der Waals surface area contributed by atoms with Crippen molar-refractivity contribution >= 4 is 39.4 Å². The largest absolute Gasteiger partial charge is 0.465 e. The highest BCUT2D eigenvalue weighted by molar-refractivity contribution is 7.16. The quantitative estimate of drug-likeness (QED) is 0.401. The molecule has 180 valence electrons. The van der Waals surface area contributed by atoms with Crippen molar-refractivity contribution in [3.8, 4) is 0 Å². The first-order chi connectivity index (χ1) is 17.1. The van der Waals surface area contributed by atoms with Crippen LogP contribution in [-0.4, -0.2) is 50.5 Å². The van der Waals surface area contributed by atoms with Crippen molar-refractivity contribution in [2.24, 2.45) is 0 Å². The first-order valence-corrected chi connectivity index (χ1v) is 12.3. The fourth-order valence-corrected chi connectivity index (χ4v) is 5.25.